The predicted octanol–water partition coefficient (Wildman–Crippen LogP) is -4.80. The number of benzene rings is 1. The van der Waals surface area contributed by atoms with Crippen molar-refractivity contribution in [1.29, 1.82) is 0 Å². The van der Waals surface area contributed by atoms with Gasteiger partial charge >= 0.3 is 0 Å². The molecule has 4 N–H and O–H groups in total. The molecule has 9 heteroatoms. The van der Waals surface area contributed by atoms with Crippen molar-refractivity contribution in [1.82, 2.24) is 20.2 Å². The van der Waals surface area contributed by atoms with Crippen LogP contribution < -0.4 is 34.8 Å². The third-order valence-electron chi connectivity index (χ3n) is 4.05. The topological polar surface area (TPSA) is 111 Å². The van der Waals surface area contributed by atoms with Crippen molar-refractivity contribution in [2.75, 3.05) is 0 Å². The highest BCUT2D eigenvalue weighted by atomic mass is 35.5. The Labute approximate surface area is 166 Å². The molecule has 27 heavy (non-hydrogen) atoms. The van der Waals surface area contributed by atoms with Crippen LogP contribution in [0.4, 0.5) is 0 Å². The lowest BCUT2D eigenvalue weighted by molar-refractivity contribution is -0.368. The fourth-order valence-corrected chi connectivity index (χ4v) is 2.98. The van der Waals surface area contributed by atoms with E-state index in [4.69, 9.17) is 4.98 Å². The zero-order valence-corrected chi connectivity index (χ0v) is 15.3. The quantitative estimate of drug-likeness (QED) is 0.263. The average Bonchev–Trinajstić information content (AvgIpc) is 2.68. The summed E-state index contributed by atoms with van der Waals surface area (Å²) in [7, 11) is 0. The van der Waals surface area contributed by atoms with E-state index in [-0.39, 0.29) is 30.3 Å². The molecule has 0 aliphatic carbocycles. The molecule has 0 amide bonds. The molecule has 4 heterocycles. The SMILES string of the molecule is O.[Cl-].[Cl-].c1ccc(-c2nnc3c4ccc[nH+]c4c4[nH+]cccc4c3n2)nc1. The van der Waals surface area contributed by atoms with Crippen LogP contribution in [0.25, 0.3) is 44.4 Å². The summed E-state index contributed by atoms with van der Waals surface area (Å²) in [4.78, 5) is 15.7. The molecule has 7 nitrogen and oxygen atoms in total. The van der Waals surface area contributed by atoms with Crippen LogP contribution in [-0.2, 0) is 0 Å². The molecule has 5 rings (SSSR count). The van der Waals surface area contributed by atoms with Gasteiger partial charge < -0.3 is 30.3 Å². The van der Waals surface area contributed by atoms with E-state index in [9.17, 15) is 0 Å². The van der Waals surface area contributed by atoms with Crippen molar-refractivity contribution < 1.29 is 40.3 Å². The lowest BCUT2D eigenvalue weighted by atomic mass is 10.1. The summed E-state index contributed by atoms with van der Waals surface area (Å²) in [6.07, 6.45) is 5.53. The highest BCUT2D eigenvalue weighted by Crippen LogP contribution is 2.28. The second-order valence-electron chi connectivity index (χ2n) is 5.47. The molecule has 0 radical (unpaired) electrons. The number of fused-ring (bicyclic) bond motifs is 6. The third-order valence-corrected chi connectivity index (χ3v) is 4.05. The third kappa shape index (κ3) is 3.23. The molecule has 136 valence electrons. The van der Waals surface area contributed by atoms with Crippen molar-refractivity contribution in [2.45, 2.75) is 0 Å². The van der Waals surface area contributed by atoms with Crippen molar-refractivity contribution in [3.63, 3.8) is 0 Å². The number of rotatable bonds is 1. The average molecular weight is 401 g/mol. The molecule has 0 bridgehead atoms. The molecule has 0 fully saturated rings. The van der Waals surface area contributed by atoms with Crippen LogP contribution >= 0.6 is 0 Å². The molecule has 0 saturated heterocycles. The summed E-state index contributed by atoms with van der Waals surface area (Å²) in [5.74, 6) is 0.521. The first kappa shape index (κ1) is 20.3. The highest BCUT2D eigenvalue weighted by Gasteiger charge is 2.20. The maximum atomic E-state index is 4.75. The van der Waals surface area contributed by atoms with E-state index < -0.39 is 0 Å². The van der Waals surface area contributed by atoms with Crippen LogP contribution in [-0.4, -0.2) is 25.6 Å². The summed E-state index contributed by atoms with van der Waals surface area (Å²) >= 11 is 0. The first-order chi connectivity index (χ1) is 11.9. The normalized spacial score (nSPS) is 10.1. The molecule has 0 atom stereocenters. The van der Waals surface area contributed by atoms with Crippen LogP contribution in [0.5, 0.6) is 0 Å². The molecule has 0 aliphatic rings. The first-order valence-electron chi connectivity index (χ1n) is 7.60. The number of hydrogen-bond acceptors (Lipinski definition) is 4. The van der Waals surface area contributed by atoms with Crippen LogP contribution in [0.1, 0.15) is 0 Å². The number of nitrogens with one attached hydrogen (secondary N) is 2. The number of nitrogens with zero attached hydrogens (tertiary/aromatic N) is 4. The molecule has 0 aliphatic heterocycles. The maximum Gasteiger partial charge on any atom is 0.285 e. The van der Waals surface area contributed by atoms with Gasteiger partial charge in [-0.1, -0.05) is 6.07 Å². The number of aromatic nitrogens is 6. The summed E-state index contributed by atoms with van der Waals surface area (Å²) < 4.78 is 0. The van der Waals surface area contributed by atoms with Gasteiger partial charge in [0.25, 0.3) is 11.0 Å². The standard InChI is InChI=1S/C18H10N6.2ClH.H2O/c1-2-8-19-13(7-1)18-22-16-11-5-3-9-20-14(11)15-12(6-4-10-21-15)17(16)23-24-18;;;/h1-10H;2*1H;1H2. The number of H-pyrrole nitrogens is 2. The predicted molar refractivity (Wildman–Crippen MR) is 92.3 cm³/mol. The number of pyridine rings is 3. The summed E-state index contributed by atoms with van der Waals surface area (Å²) in [6.45, 7) is 0. The second-order valence-corrected chi connectivity index (χ2v) is 5.47. The lowest BCUT2D eigenvalue weighted by Gasteiger charge is -2.03. The van der Waals surface area contributed by atoms with E-state index in [1.54, 1.807) is 6.20 Å². The minimum atomic E-state index is 0. The molecule has 0 unspecified atom stereocenters. The Bertz CT molecular complexity index is 1180. The Morgan fingerprint density at radius 2 is 1.37 bits per heavy atom. The monoisotopic (exact) mass is 400 g/mol. The van der Waals surface area contributed by atoms with Gasteiger partial charge in [0.1, 0.15) is 16.7 Å². The highest BCUT2D eigenvalue weighted by molar-refractivity contribution is 6.18. The number of hydrogen-bond donors (Lipinski definition) is 0. The van der Waals surface area contributed by atoms with Gasteiger partial charge in [-0.3, -0.25) is 4.98 Å². The molecular weight excluding hydrogens is 387 g/mol. The largest absolute Gasteiger partial charge is 1.00 e. The summed E-state index contributed by atoms with van der Waals surface area (Å²) in [5.41, 5.74) is 4.27. The fourth-order valence-electron chi connectivity index (χ4n) is 2.98. The van der Waals surface area contributed by atoms with Gasteiger partial charge in [-0.2, -0.15) is 0 Å². The van der Waals surface area contributed by atoms with E-state index >= 15 is 0 Å². The molecule has 0 spiro atoms. The molecule has 1 aromatic carbocycles. The molecule has 4 aromatic heterocycles. The molecule has 0 saturated carbocycles. The Kier molecular flexibility index (Phi) is 6.12. The van der Waals surface area contributed by atoms with E-state index in [0.717, 1.165) is 32.8 Å². The van der Waals surface area contributed by atoms with E-state index in [1.807, 2.05) is 54.9 Å². The van der Waals surface area contributed by atoms with Gasteiger partial charge in [-0.25, -0.2) is 15.0 Å². The number of halogens is 2. The maximum absolute atomic E-state index is 4.75. The Balaban J connectivity index is 0.000000871. The molecular formula is C18H14Cl2N6O. The smallest absolute Gasteiger partial charge is 0.285 e. The zero-order valence-electron chi connectivity index (χ0n) is 13.8. The lowest BCUT2D eigenvalue weighted by Crippen LogP contribution is -3.00. The van der Waals surface area contributed by atoms with Gasteiger partial charge in [-0.05, 0) is 24.3 Å². The van der Waals surface area contributed by atoms with Crippen LogP contribution in [0.2, 0.25) is 0 Å². The minimum absolute atomic E-state index is 0. The van der Waals surface area contributed by atoms with E-state index in [1.165, 1.54) is 0 Å². The zero-order chi connectivity index (χ0) is 15.9. The van der Waals surface area contributed by atoms with Crippen molar-refractivity contribution in [3.8, 4) is 11.5 Å². The van der Waals surface area contributed by atoms with E-state index in [2.05, 4.69) is 25.1 Å². The number of aromatic amines is 2. The Hall–Kier alpha value is -3.00. The summed E-state index contributed by atoms with van der Waals surface area (Å²) in [6, 6.07) is 13.6. The van der Waals surface area contributed by atoms with Gasteiger partial charge in [-0.15, -0.1) is 10.2 Å². The van der Waals surface area contributed by atoms with Gasteiger partial charge in [0.05, 0.1) is 10.8 Å². The van der Waals surface area contributed by atoms with Crippen LogP contribution in [0.15, 0.2) is 61.1 Å². The first-order valence-corrected chi connectivity index (χ1v) is 7.60. The van der Waals surface area contributed by atoms with Crippen LogP contribution in [0.3, 0.4) is 0 Å². The van der Waals surface area contributed by atoms with Gasteiger partial charge in [0.2, 0.25) is 5.82 Å². The Morgan fingerprint density at radius 1 is 0.704 bits per heavy atom. The fraction of sp³-hybridized carbons (Fsp3) is 0. The Morgan fingerprint density at radius 3 is 2.00 bits per heavy atom. The van der Waals surface area contributed by atoms with Crippen molar-refractivity contribution in [2.24, 2.45) is 0 Å². The second kappa shape index (κ2) is 8.13. The molecule has 5 aromatic rings. The minimum Gasteiger partial charge on any atom is -1.00 e. The van der Waals surface area contributed by atoms with Crippen LogP contribution in [0, 0.1) is 0 Å². The van der Waals surface area contributed by atoms with Gasteiger partial charge in [0, 0.05) is 18.3 Å². The van der Waals surface area contributed by atoms with Crippen molar-refractivity contribution >= 4 is 32.8 Å². The summed E-state index contributed by atoms with van der Waals surface area (Å²) in [5, 5.41) is 10.7. The van der Waals surface area contributed by atoms with Crippen molar-refractivity contribution in [3.05, 3.63) is 61.1 Å². The van der Waals surface area contributed by atoms with Gasteiger partial charge in [0.15, 0.2) is 12.4 Å². The van der Waals surface area contributed by atoms with E-state index in [0.29, 0.717) is 11.5 Å².